The van der Waals surface area contributed by atoms with Gasteiger partial charge in [-0.05, 0) is 38.0 Å². The lowest BCUT2D eigenvalue weighted by Crippen LogP contribution is -2.49. The van der Waals surface area contributed by atoms with E-state index in [9.17, 15) is 9.18 Å². The lowest BCUT2D eigenvalue weighted by atomic mass is 10.0. The molecule has 0 saturated carbocycles. The van der Waals surface area contributed by atoms with Crippen molar-refractivity contribution >= 4 is 5.91 Å². The van der Waals surface area contributed by atoms with Crippen LogP contribution in [0.3, 0.4) is 0 Å². The molecule has 0 aromatic heterocycles. The molecule has 1 aromatic rings. The number of amides is 1. The molecule has 7 heteroatoms. The molecule has 0 radical (unpaired) electrons. The topological polar surface area (TPSA) is 65.6 Å². The van der Waals surface area contributed by atoms with E-state index >= 15 is 0 Å². The lowest BCUT2D eigenvalue weighted by molar-refractivity contribution is -0.123. The molecule has 138 valence electrons. The van der Waals surface area contributed by atoms with E-state index < -0.39 is 0 Å². The second-order valence-corrected chi connectivity index (χ2v) is 6.99. The minimum Gasteiger partial charge on any atom is -0.373 e. The highest BCUT2D eigenvalue weighted by Gasteiger charge is 2.30. The fourth-order valence-electron chi connectivity index (χ4n) is 3.57. The van der Waals surface area contributed by atoms with E-state index in [4.69, 9.17) is 4.74 Å². The van der Waals surface area contributed by atoms with Crippen LogP contribution in [0.2, 0.25) is 0 Å². The summed E-state index contributed by atoms with van der Waals surface area (Å²) in [4.78, 5) is 14.7. The Morgan fingerprint density at radius 3 is 2.60 bits per heavy atom. The first-order valence-electron chi connectivity index (χ1n) is 8.93. The van der Waals surface area contributed by atoms with Crippen LogP contribution in [0.15, 0.2) is 24.3 Å². The number of morpholine rings is 1. The molecule has 2 fully saturated rings. The maximum atomic E-state index is 13.0. The van der Waals surface area contributed by atoms with E-state index in [0.29, 0.717) is 13.0 Å². The van der Waals surface area contributed by atoms with Crippen molar-refractivity contribution in [3.05, 3.63) is 35.6 Å². The predicted molar refractivity (Wildman–Crippen MR) is 93.3 cm³/mol. The summed E-state index contributed by atoms with van der Waals surface area (Å²) in [5.74, 6) is -0.262. The summed E-state index contributed by atoms with van der Waals surface area (Å²) in [6, 6.07) is 6.10. The number of nitrogens with one attached hydrogen (secondary N) is 3. The molecule has 4 atom stereocenters. The Morgan fingerprint density at radius 1 is 1.24 bits per heavy atom. The van der Waals surface area contributed by atoms with Gasteiger partial charge in [0.15, 0.2) is 0 Å². The van der Waals surface area contributed by atoms with Gasteiger partial charge in [-0.1, -0.05) is 12.1 Å². The van der Waals surface area contributed by atoms with E-state index in [0.717, 1.165) is 25.2 Å². The van der Waals surface area contributed by atoms with Crippen molar-refractivity contribution in [2.45, 2.75) is 44.6 Å². The fourth-order valence-corrected chi connectivity index (χ4v) is 3.57. The second-order valence-electron chi connectivity index (χ2n) is 6.99. The Balaban J connectivity index is 1.41. The third-order valence-electron chi connectivity index (χ3n) is 4.71. The van der Waals surface area contributed by atoms with Crippen molar-refractivity contribution in [2.24, 2.45) is 0 Å². The van der Waals surface area contributed by atoms with Gasteiger partial charge in [0.25, 0.3) is 0 Å². The number of halogens is 1. The maximum Gasteiger partial charge on any atom is 0.238 e. The van der Waals surface area contributed by atoms with Crippen LogP contribution >= 0.6 is 0 Å². The molecule has 2 aliphatic rings. The number of hydrazine groups is 1. The van der Waals surface area contributed by atoms with Crippen molar-refractivity contribution in [3.8, 4) is 0 Å². The molecule has 2 aliphatic heterocycles. The zero-order valence-corrected chi connectivity index (χ0v) is 14.8. The first kappa shape index (κ1) is 18.3. The molecule has 0 spiro atoms. The molecule has 0 aliphatic carbocycles. The SMILES string of the molecule is CC1CN(CCNC(=O)C2CC(c3ccc(F)cc3)NN2)CC(C)O1. The highest BCUT2D eigenvalue weighted by Crippen LogP contribution is 2.22. The van der Waals surface area contributed by atoms with Crippen LogP contribution in [0.1, 0.15) is 31.9 Å². The summed E-state index contributed by atoms with van der Waals surface area (Å²) < 4.78 is 18.7. The van der Waals surface area contributed by atoms with E-state index in [1.165, 1.54) is 12.1 Å². The van der Waals surface area contributed by atoms with Crippen molar-refractivity contribution in [2.75, 3.05) is 26.2 Å². The Labute approximate surface area is 148 Å². The van der Waals surface area contributed by atoms with E-state index in [1.54, 1.807) is 12.1 Å². The van der Waals surface area contributed by atoms with Crippen LogP contribution in [-0.2, 0) is 9.53 Å². The van der Waals surface area contributed by atoms with Gasteiger partial charge in [0, 0.05) is 32.2 Å². The third-order valence-corrected chi connectivity index (χ3v) is 4.71. The van der Waals surface area contributed by atoms with Crippen LogP contribution in [0.25, 0.3) is 0 Å². The molecular weight excluding hydrogens is 323 g/mol. The summed E-state index contributed by atoms with van der Waals surface area (Å²) in [6.45, 7) is 7.39. The van der Waals surface area contributed by atoms with Crippen molar-refractivity contribution in [3.63, 3.8) is 0 Å². The molecular formula is C18H27FN4O2. The predicted octanol–water partition coefficient (Wildman–Crippen LogP) is 0.959. The van der Waals surface area contributed by atoms with Gasteiger partial charge in [-0.2, -0.15) is 0 Å². The number of benzene rings is 1. The fraction of sp³-hybridized carbons (Fsp3) is 0.611. The molecule has 6 nitrogen and oxygen atoms in total. The summed E-state index contributed by atoms with van der Waals surface area (Å²) in [5.41, 5.74) is 7.12. The van der Waals surface area contributed by atoms with Crippen molar-refractivity contribution < 1.29 is 13.9 Å². The summed E-state index contributed by atoms with van der Waals surface area (Å²) in [6.07, 6.45) is 1.11. The third kappa shape index (κ3) is 4.98. The first-order chi connectivity index (χ1) is 12.0. The van der Waals surface area contributed by atoms with Gasteiger partial charge < -0.3 is 10.1 Å². The average molecular weight is 350 g/mol. The van der Waals surface area contributed by atoms with Crippen LogP contribution in [0.4, 0.5) is 4.39 Å². The van der Waals surface area contributed by atoms with E-state index in [1.807, 2.05) is 0 Å². The van der Waals surface area contributed by atoms with E-state index in [2.05, 4.69) is 34.9 Å². The monoisotopic (exact) mass is 350 g/mol. The van der Waals surface area contributed by atoms with E-state index in [-0.39, 0.29) is 36.0 Å². The van der Waals surface area contributed by atoms with Gasteiger partial charge in [0.05, 0.1) is 12.2 Å². The van der Waals surface area contributed by atoms with Crippen molar-refractivity contribution in [1.82, 2.24) is 21.1 Å². The molecule has 2 heterocycles. The standard InChI is InChI=1S/C18H27FN4O2/c1-12-10-23(11-13(2)25-12)8-7-20-18(24)17-9-16(21-22-17)14-3-5-15(19)6-4-14/h3-6,12-13,16-17,21-22H,7-11H2,1-2H3,(H,20,24). The Bertz CT molecular complexity index is 573. The first-order valence-corrected chi connectivity index (χ1v) is 8.93. The van der Waals surface area contributed by atoms with Gasteiger partial charge in [-0.3, -0.25) is 9.69 Å². The number of hydrogen-bond acceptors (Lipinski definition) is 5. The molecule has 0 bridgehead atoms. The number of nitrogens with zero attached hydrogens (tertiary/aromatic N) is 1. The minimum absolute atomic E-state index is 0.00790. The Hall–Kier alpha value is -1.54. The van der Waals surface area contributed by atoms with Crippen LogP contribution < -0.4 is 16.2 Å². The summed E-state index contributed by atoms with van der Waals surface area (Å²) >= 11 is 0. The average Bonchev–Trinajstić information content (AvgIpc) is 3.04. The highest BCUT2D eigenvalue weighted by atomic mass is 19.1. The summed E-state index contributed by atoms with van der Waals surface area (Å²) in [7, 11) is 0. The summed E-state index contributed by atoms with van der Waals surface area (Å²) in [5, 5.41) is 3.00. The number of rotatable bonds is 5. The molecule has 3 rings (SSSR count). The molecule has 2 saturated heterocycles. The van der Waals surface area contributed by atoms with Gasteiger partial charge in [0.1, 0.15) is 11.9 Å². The van der Waals surface area contributed by atoms with Crippen LogP contribution in [0, 0.1) is 5.82 Å². The van der Waals surface area contributed by atoms with Gasteiger partial charge in [-0.25, -0.2) is 15.2 Å². The second kappa shape index (κ2) is 8.23. The smallest absolute Gasteiger partial charge is 0.238 e. The van der Waals surface area contributed by atoms with Gasteiger partial charge >= 0.3 is 0 Å². The normalized spacial score (nSPS) is 30.4. The molecule has 1 aromatic carbocycles. The Kier molecular flexibility index (Phi) is 6.01. The molecule has 25 heavy (non-hydrogen) atoms. The molecule has 4 unspecified atom stereocenters. The quantitative estimate of drug-likeness (QED) is 0.738. The number of carbonyl (C=O) groups excluding carboxylic acids is 1. The maximum absolute atomic E-state index is 13.0. The lowest BCUT2D eigenvalue weighted by Gasteiger charge is -2.35. The van der Waals surface area contributed by atoms with Gasteiger partial charge in [-0.15, -0.1) is 0 Å². The zero-order valence-electron chi connectivity index (χ0n) is 14.8. The molecule has 3 N–H and O–H groups in total. The largest absolute Gasteiger partial charge is 0.373 e. The Morgan fingerprint density at radius 2 is 1.92 bits per heavy atom. The number of hydrogen-bond donors (Lipinski definition) is 3. The number of carbonyl (C=O) groups is 1. The zero-order chi connectivity index (χ0) is 17.8. The van der Waals surface area contributed by atoms with Crippen LogP contribution in [0.5, 0.6) is 0 Å². The molecule has 1 amide bonds. The minimum atomic E-state index is -0.280. The van der Waals surface area contributed by atoms with Gasteiger partial charge in [0.2, 0.25) is 5.91 Å². The van der Waals surface area contributed by atoms with Crippen LogP contribution in [-0.4, -0.2) is 55.2 Å². The highest BCUT2D eigenvalue weighted by molar-refractivity contribution is 5.82. The number of ether oxygens (including phenoxy) is 1. The van der Waals surface area contributed by atoms with Crippen molar-refractivity contribution in [1.29, 1.82) is 0 Å².